The monoisotopic (exact) mass is 235 g/mol. The molecule has 0 unspecified atom stereocenters. The van der Waals surface area contributed by atoms with Crippen LogP contribution in [0.4, 0.5) is 0 Å². The maximum Gasteiger partial charge on any atom is 0.280 e. The number of nitrogens with zero attached hydrogens (tertiary/aromatic N) is 1. The van der Waals surface area contributed by atoms with Crippen LogP contribution >= 0.6 is 0 Å². The van der Waals surface area contributed by atoms with Gasteiger partial charge < -0.3 is 18.2 Å². The molecule has 91 valence electrons. The van der Waals surface area contributed by atoms with Crippen LogP contribution in [0.3, 0.4) is 0 Å². The van der Waals surface area contributed by atoms with Crippen molar-refractivity contribution < 1.29 is 18.1 Å². The third-order valence-corrected chi connectivity index (χ3v) is 5.28. The van der Waals surface area contributed by atoms with Crippen LogP contribution in [0.5, 0.6) is 0 Å². The number of carbonyl (C=O) groups excluding carboxylic acids is 1. The van der Waals surface area contributed by atoms with Gasteiger partial charge in [-0.3, -0.25) is 4.79 Å². The Morgan fingerprint density at radius 1 is 1.20 bits per heavy atom. The Balaban J connectivity index is 3.96. The molecule has 6 heteroatoms. The van der Waals surface area contributed by atoms with E-state index in [1.54, 1.807) is 40.2 Å². The zero-order chi connectivity index (χ0) is 11.9. The quantitative estimate of drug-likeness (QED) is 0.610. The third kappa shape index (κ3) is 4.74. The molecule has 0 atom stereocenters. The Morgan fingerprint density at radius 3 is 2.00 bits per heavy atom. The Bertz CT molecular complexity index is 188. The molecule has 0 saturated heterocycles. The summed E-state index contributed by atoms with van der Waals surface area (Å²) in [6.45, 7) is 2.24. The third-order valence-electron chi connectivity index (χ3n) is 2.45. The van der Waals surface area contributed by atoms with E-state index in [4.69, 9.17) is 13.3 Å². The Morgan fingerprint density at radius 2 is 1.67 bits per heavy atom. The predicted molar refractivity (Wildman–Crippen MR) is 59.5 cm³/mol. The molecule has 0 aromatic rings. The van der Waals surface area contributed by atoms with Gasteiger partial charge in [0.25, 0.3) is 8.80 Å². The molecular weight excluding hydrogens is 214 g/mol. The summed E-state index contributed by atoms with van der Waals surface area (Å²) in [5.41, 5.74) is 0. The van der Waals surface area contributed by atoms with Gasteiger partial charge in [-0.1, -0.05) is 12.5 Å². The van der Waals surface area contributed by atoms with E-state index < -0.39 is 8.80 Å². The van der Waals surface area contributed by atoms with Gasteiger partial charge in [0.15, 0.2) is 0 Å². The molecule has 0 aromatic heterocycles. The maximum absolute atomic E-state index is 11.0. The molecule has 5 nitrogen and oxygen atoms in total. The van der Waals surface area contributed by atoms with Crippen LogP contribution in [0.25, 0.3) is 0 Å². The van der Waals surface area contributed by atoms with Gasteiger partial charge in [0, 0.05) is 20.5 Å². The fraction of sp³-hybridized carbons (Fsp3) is 0.889. The molecule has 0 radical (unpaired) electrons. The van der Waals surface area contributed by atoms with Crippen molar-refractivity contribution in [1.82, 2.24) is 4.90 Å². The average Bonchev–Trinajstić information content (AvgIpc) is 2.24. The van der Waals surface area contributed by atoms with Gasteiger partial charge in [0.05, 0.1) is 0 Å². The minimum atomic E-state index is -2.46. The van der Waals surface area contributed by atoms with E-state index in [0.717, 1.165) is 6.42 Å². The van der Waals surface area contributed by atoms with Crippen LogP contribution < -0.4 is 0 Å². The summed E-state index contributed by atoms with van der Waals surface area (Å²) in [5, 5.41) is 0. The minimum absolute atomic E-state index is 0.0644. The summed E-state index contributed by atoms with van der Waals surface area (Å²) < 4.78 is 15.8. The van der Waals surface area contributed by atoms with E-state index >= 15 is 0 Å². The normalized spacial score (nSPS) is 11.5. The summed E-state index contributed by atoms with van der Waals surface area (Å²) in [6, 6.07) is 0.716. The fourth-order valence-electron chi connectivity index (χ4n) is 1.25. The smallest absolute Gasteiger partial charge is 0.280 e. The zero-order valence-electron chi connectivity index (χ0n) is 10.2. The van der Waals surface area contributed by atoms with Crippen molar-refractivity contribution >= 4 is 14.7 Å². The zero-order valence-corrected chi connectivity index (χ0v) is 11.2. The largest absolute Gasteiger partial charge is 0.527 e. The van der Waals surface area contributed by atoms with Gasteiger partial charge >= 0.3 is 0 Å². The van der Waals surface area contributed by atoms with Gasteiger partial charge in [-0.15, -0.1) is 0 Å². The minimum Gasteiger partial charge on any atom is -0.527 e. The van der Waals surface area contributed by atoms with Crippen LogP contribution in [0.1, 0.15) is 13.3 Å². The Labute approximate surface area is 92.7 Å². The van der Waals surface area contributed by atoms with Gasteiger partial charge in [0.1, 0.15) is 0 Å². The van der Waals surface area contributed by atoms with Crippen molar-refractivity contribution in [2.75, 3.05) is 34.9 Å². The fourth-order valence-corrected chi connectivity index (χ4v) is 2.95. The molecule has 0 aliphatic heterocycles. The summed E-state index contributed by atoms with van der Waals surface area (Å²) >= 11 is 0. The van der Waals surface area contributed by atoms with Crippen molar-refractivity contribution in [3.05, 3.63) is 0 Å². The average molecular weight is 235 g/mol. The first-order valence-corrected chi connectivity index (χ1v) is 6.81. The van der Waals surface area contributed by atoms with E-state index in [2.05, 4.69) is 0 Å². The molecule has 0 aliphatic rings. The van der Waals surface area contributed by atoms with Crippen molar-refractivity contribution in [3.8, 4) is 0 Å². The molecule has 0 N–H and O–H groups in total. The second-order valence-corrected chi connectivity index (χ2v) is 6.43. The summed E-state index contributed by atoms with van der Waals surface area (Å²) in [7, 11) is 4.09. The van der Waals surface area contributed by atoms with Gasteiger partial charge in [-0.05, 0) is 21.3 Å². The first-order chi connectivity index (χ1) is 7.01. The van der Waals surface area contributed by atoms with Crippen LogP contribution in [0, 0.1) is 0 Å². The van der Waals surface area contributed by atoms with E-state index in [9.17, 15) is 4.79 Å². The Kier molecular flexibility index (Phi) is 6.74. The molecule has 1 amide bonds. The van der Waals surface area contributed by atoms with Crippen LogP contribution in [-0.4, -0.2) is 54.5 Å². The molecule has 0 bridgehead atoms. The molecule has 0 aliphatic carbocycles. The number of hydrogen-bond acceptors (Lipinski definition) is 4. The highest BCUT2D eigenvalue weighted by molar-refractivity contribution is 6.60. The highest BCUT2D eigenvalue weighted by Crippen LogP contribution is 2.14. The number of amides is 1. The number of carbonyl (C=O) groups is 1. The topological polar surface area (TPSA) is 48.0 Å². The molecule has 0 aromatic carbocycles. The first-order valence-electron chi connectivity index (χ1n) is 4.88. The number of rotatable bonds is 7. The lowest BCUT2D eigenvalue weighted by molar-refractivity contribution is -0.127. The van der Waals surface area contributed by atoms with Crippen molar-refractivity contribution in [2.45, 2.75) is 19.4 Å². The van der Waals surface area contributed by atoms with Crippen molar-refractivity contribution in [3.63, 3.8) is 0 Å². The van der Waals surface area contributed by atoms with Crippen molar-refractivity contribution in [1.29, 1.82) is 0 Å². The van der Waals surface area contributed by atoms with E-state index in [1.165, 1.54) is 0 Å². The lowest BCUT2D eigenvalue weighted by atomic mass is 10.4. The van der Waals surface area contributed by atoms with Crippen LogP contribution in [0.15, 0.2) is 0 Å². The highest BCUT2D eigenvalue weighted by atomic mass is 28.4. The molecule has 0 heterocycles. The molecule has 0 saturated carbocycles. The van der Waals surface area contributed by atoms with Gasteiger partial charge in [-0.25, -0.2) is 0 Å². The molecule has 0 spiro atoms. The number of hydrogen-bond donors (Lipinski definition) is 0. The van der Waals surface area contributed by atoms with Gasteiger partial charge in [-0.2, -0.15) is 0 Å². The SMILES string of the molecule is CO[Si-](CCCN(C)C(C)=O)(OC)OC. The Hall–Kier alpha value is -0.433. The first kappa shape index (κ1) is 14.6. The second-order valence-electron chi connectivity index (χ2n) is 3.34. The second kappa shape index (κ2) is 6.94. The lowest BCUT2D eigenvalue weighted by Crippen LogP contribution is -2.43. The molecule has 0 fully saturated rings. The summed E-state index contributed by atoms with van der Waals surface area (Å²) in [5.74, 6) is 0.0644. The van der Waals surface area contributed by atoms with Crippen LogP contribution in [0.2, 0.25) is 6.04 Å². The highest BCUT2D eigenvalue weighted by Gasteiger charge is 2.21. The van der Waals surface area contributed by atoms with E-state index in [1.807, 2.05) is 0 Å². The molecule has 15 heavy (non-hydrogen) atoms. The van der Waals surface area contributed by atoms with Crippen molar-refractivity contribution in [2.24, 2.45) is 0 Å². The van der Waals surface area contributed by atoms with E-state index in [-0.39, 0.29) is 5.91 Å². The van der Waals surface area contributed by atoms with E-state index in [0.29, 0.717) is 12.6 Å². The maximum atomic E-state index is 11.0. The van der Waals surface area contributed by atoms with Gasteiger partial charge in [0.2, 0.25) is 5.91 Å². The molecule has 0 rings (SSSR count). The summed E-state index contributed by atoms with van der Waals surface area (Å²) in [4.78, 5) is 12.6. The predicted octanol–water partition coefficient (Wildman–Crippen LogP) is 0.733. The summed E-state index contributed by atoms with van der Waals surface area (Å²) in [6.07, 6.45) is 0.817. The molecular formula is C9H21NO4Si-. The van der Waals surface area contributed by atoms with Crippen LogP contribution in [-0.2, 0) is 18.1 Å². The lowest BCUT2D eigenvalue weighted by Gasteiger charge is -2.39. The standard InChI is InChI=1S/C9H21NO4Si/c1-9(11)10(2)7-6-8-15(12-3,13-4)14-5/h6-8H2,1-5H3/q-1.